The van der Waals surface area contributed by atoms with Crippen molar-refractivity contribution in [1.82, 2.24) is 5.32 Å². The molecule has 1 amide bonds. The van der Waals surface area contributed by atoms with Crippen LogP contribution in [0.5, 0.6) is 0 Å². The van der Waals surface area contributed by atoms with Gasteiger partial charge >= 0.3 is 5.97 Å². The van der Waals surface area contributed by atoms with E-state index in [4.69, 9.17) is 10.2 Å². The first-order valence-electron chi connectivity index (χ1n) is 6.82. The average Bonchev–Trinajstić information content (AvgIpc) is 2.42. The number of rotatable bonds is 7. The van der Waals surface area contributed by atoms with Crippen LogP contribution in [0.4, 0.5) is 0 Å². The molecular weight excluding hydrogens is 246 g/mol. The molecule has 0 radical (unpaired) electrons. The van der Waals surface area contributed by atoms with E-state index in [0.717, 1.165) is 12.8 Å². The Labute approximate surface area is 113 Å². The number of carbonyl (C=O) groups excluding carboxylic acids is 1. The van der Waals surface area contributed by atoms with Crippen LogP contribution in [0.1, 0.15) is 32.6 Å². The predicted molar refractivity (Wildman–Crippen MR) is 71.5 cm³/mol. The van der Waals surface area contributed by atoms with Gasteiger partial charge in [-0.05, 0) is 31.6 Å². The van der Waals surface area contributed by atoms with E-state index < -0.39 is 17.8 Å². The Balaban J connectivity index is 2.35. The number of aliphatic carboxylic acids is 1. The Morgan fingerprint density at radius 3 is 2.53 bits per heavy atom. The SMILES string of the molecule is CC(CO)CCCNC(=O)C1CC=CCC1C(=O)O. The summed E-state index contributed by atoms with van der Waals surface area (Å²) >= 11 is 0. The van der Waals surface area contributed by atoms with Crippen LogP contribution in [0.2, 0.25) is 0 Å². The summed E-state index contributed by atoms with van der Waals surface area (Å²) in [5, 5.41) is 20.8. The molecule has 3 atom stereocenters. The van der Waals surface area contributed by atoms with Crippen molar-refractivity contribution >= 4 is 11.9 Å². The standard InChI is InChI=1S/C14H23NO4/c1-10(9-16)5-4-8-15-13(17)11-6-2-3-7-12(11)14(18)19/h2-3,10-12,16H,4-9H2,1H3,(H,15,17)(H,18,19). The van der Waals surface area contributed by atoms with E-state index in [2.05, 4.69) is 5.32 Å². The van der Waals surface area contributed by atoms with E-state index in [-0.39, 0.29) is 18.4 Å². The van der Waals surface area contributed by atoms with Crippen LogP contribution >= 0.6 is 0 Å². The molecule has 0 aromatic carbocycles. The Hall–Kier alpha value is -1.36. The van der Waals surface area contributed by atoms with Crippen LogP contribution in [0, 0.1) is 17.8 Å². The Morgan fingerprint density at radius 1 is 1.32 bits per heavy atom. The molecule has 0 fully saturated rings. The summed E-state index contributed by atoms with van der Waals surface area (Å²) in [6.07, 6.45) is 6.27. The number of aliphatic hydroxyl groups excluding tert-OH is 1. The number of carboxylic acids is 1. The molecule has 0 saturated carbocycles. The van der Waals surface area contributed by atoms with Crippen LogP contribution in [0.15, 0.2) is 12.2 Å². The van der Waals surface area contributed by atoms with Gasteiger partial charge in [-0.15, -0.1) is 0 Å². The van der Waals surface area contributed by atoms with Crippen LogP contribution in [0.25, 0.3) is 0 Å². The van der Waals surface area contributed by atoms with E-state index in [1.54, 1.807) is 0 Å². The lowest BCUT2D eigenvalue weighted by atomic mass is 9.82. The number of hydrogen-bond acceptors (Lipinski definition) is 3. The fourth-order valence-electron chi connectivity index (χ4n) is 2.26. The number of nitrogens with one attached hydrogen (secondary N) is 1. The number of carbonyl (C=O) groups is 2. The van der Waals surface area contributed by atoms with E-state index in [0.29, 0.717) is 19.4 Å². The van der Waals surface area contributed by atoms with Crippen LogP contribution in [-0.4, -0.2) is 35.2 Å². The first-order valence-corrected chi connectivity index (χ1v) is 6.82. The van der Waals surface area contributed by atoms with Crippen LogP contribution in [0.3, 0.4) is 0 Å². The molecule has 0 aromatic rings. The fraction of sp³-hybridized carbons (Fsp3) is 0.714. The summed E-state index contributed by atoms with van der Waals surface area (Å²) in [7, 11) is 0. The molecule has 1 rings (SSSR count). The quantitative estimate of drug-likeness (QED) is 0.478. The van der Waals surface area contributed by atoms with Gasteiger partial charge in [-0.2, -0.15) is 0 Å². The number of amides is 1. The van der Waals surface area contributed by atoms with Crippen molar-refractivity contribution in [2.45, 2.75) is 32.6 Å². The summed E-state index contributed by atoms with van der Waals surface area (Å²) < 4.78 is 0. The second kappa shape index (κ2) is 7.94. The maximum atomic E-state index is 12.0. The lowest BCUT2D eigenvalue weighted by molar-refractivity contribution is -0.147. The van der Waals surface area contributed by atoms with Crippen molar-refractivity contribution in [1.29, 1.82) is 0 Å². The summed E-state index contributed by atoms with van der Waals surface area (Å²) in [6, 6.07) is 0. The van der Waals surface area contributed by atoms with E-state index in [1.807, 2.05) is 19.1 Å². The Bertz CT molecular complexity index is 340. The van der Waals surface area contributed by atoms with E-state index in [9.17, 15) is 9.59 Å². The van der Waals surface area contributed by atoms with Gasteiger partial charge in [0.15, 0.2) is 0 Å². The number of carboxylic acid groups (broad SMARTS) is 1. The van der Waals surface area contributed by atoms with Gasteiger partial charge in [0.2, 0.25) is 5.91 Å². The first kappa shape index (κ1) is 15.7. The Kier molecular flexibility index (Phi) is 6.56. The molecule has 0 bridgehead atoms. The van der Waals surface area contributed by atoms with Crippen molar-refractivity contribution in [2.75, 3.05) is 13.2 Å². The normalized spacial score (nSPS) is 23.9. The molecule has 19 heavy (non-hydrogen) atoms. The highest BCUT2D eigenvalue weighted by Crippen LogP contribution is 2.25. The Morgan fingerprint density at radius 2 is 1.95 bits per heavy atom. The summed E-state index contributed by atoms with van der Waals surface area (Å²) in [6.45, 7) is 2.65. The third-order valence-electron chi connectivity index (χ3n) is 3.57. The van der Waals surface area contributed by atoms with Gasteiger partial charge in [0.25, 0.3) is 0 Å². The molecule has 1 aliphatic carbocycles. The lowest BCUT2D eigenvalue weighted by Gasteiger charge is -2.24. The molecule has 3 unspecified atom stereocenters. The van der Waals surface area contributed by atoms with Crippen molar-refractivity contribution in [3.63, 3.8) is 0 Å². The molecule has 3 N–H and O–H groups in total. The lowest BCUT2D eigenvalue weighted by Crippen LogP contribution is -2.39. The fourth-order valence-corrected chi connectivity index (χ4v) is 2.26. The molecule has 5 nitrogen and oxygen atoms in total. The molecule has 0 spiro atoms. The highest BCUT2D eigenvalue weighted by Gasteiger charge is 2.33. The minimum absolute atomic E-state index is 0.155. The average molecular weight is 269 g/mol. The topological polar surface area (TPSA) is 86.6 Å². The van der Waals surface area contributed by atoms with Gasteiger partial charge in [-0.3, -0.25) is 9.59 Å². The summed E-state index contributed by atoms with van der Waals surface area (Å²) in [5.74, 6) is -1.91. The van der Waals surface area contributed by atoms with Gasteiger partial charge in [0.1, 0.15) is 0 Å². The largest absolute Gasteiger partial charge is 0.481 e. The second-order valence-electron chi connectivity index (χ2n) is 5.22. The first-order chi connectivity index (χ1) is 9.06. The van der Waals surface area contributed by atoms with Gasteiger partial charge < -0.3 is 15.5 Å². The number of hydrogen-bond donors (Lipinski definition) is 3. The van der Waals surface area contributed by atoms with Crippen LogP contribution < -0.4 is 5.32 Å². The molecular formula is C14H23NO4. The maximum Gasteiger partial charge on any atom is 0.307 e. The second-order valence-corrected chi connectivity index (χ2v) is 5.22. The highest BCUT2D eigenvalue weighted by atomic mass is 16.4. The van der Waals surface area contributed by atoms with Crippen molar-refractivity contribution in [3.05, 3.63) is 12.2 Å². The van der Waals surface area contributed by atoms with E-state index in [1.165, 1.54) is 0 Å². The molecule has 108 valence electrons. The van der Waals surface area contributed by atoms with Crippen molar-refractivity contribution in [2.24, 2.45) is 17.8 Å². The molecule has 0 heterocycles. The molecule has 0 aromatic heterocycles. The molecule has 5 heteroatoms. The third-order valence-corrected chi connectivity index (χ3v) is 3.57. The van der Waals surface area contributed by atoms with Gasteiger partial charge in [-0.1, -0.05) is 19.1 Å². The molecule has 0 aliphatic heterocycles. The number of allylic oxidation sites excluding steroid dienone is 2. The smallest absolute Gasteiger partial charge is 0.307 e. The number of aliphatic hydroxyl groups is 1. The molecule has 0 saturated heterocycles. The van der Waals surface area contributed by atoms with Gasteiger partial charge in [-0.25, -0.2) is 0 Å². The van der Waals surface area contributed by atoms with Crippen LogP contribution in [-0.2, 0) is 9.59 Å². The maximum absolute atomic E-state index is 12.0. The highest BCUT2D eigenvalue weighted by molar-refractivity contribution is 5.85. The van der Waals surface area contributed by atoms with E-state index >= 15 is 0 Å². The van der Waals surface area contributed by atoms with Crippen molar-refractivity contribution in [3.8, 4) is 0 Å². The van der Waals surface area contributed by atoms with Gasteiger partial charge in [0.05, 0.1) is 11.8 Å². The molecule has 1 aliphatic rings. The zero-order valence-corrected chi connectivity index (χ0v) is 11.3. The minimum atomic E-state index is -0.904. The third kappa shape index (κ3) is 5.03. The zero-order valence-electron chi connectivity index (χ0n) is 11.3. The predicted octanol–water partition coefficient (Wildman–Crippen LogP) is 1.18. The zero-order chi connectivity index (χ0) is 14.3. The summed E-state index contributed by atoms with van der Waals surface area (Å²) in [5.41, 5.74) is 0. The minimum Gasteiger partial charge on any atom is -0.481 e. The monoisotopic (exact) mass is 269 g/mol. The van der Waals surface area contributed by atoms with Gasteiger partial charge in [0, 0.05) is 13.2 Å². The summed E-state index contributed by atoms with van der Waals surface area (Å²) in [4.78, 5) is 23.1. The van der Waals surface area contributed by atoms with Crippen molar-refractivity contribution < 1.29 is 19.8 Å².